The summed E-state index contributed by atoms with van der Waals surface area (Å²) in [6.07, 6.45) is 5.02. The number of anilines is 1. The van der Waals surface area contributed by atoms with Gasteiger partial charge in [0.1, 0.15) is 5.82 Å². The highest BCUT2D eigenvalue weighted by molar-refractivity contribution is 5.94. The van der Waals surface area contributed by atoms with Gasteiger partial charge < -0.3 is 14.8 Å². The van der Waals surface area contributed by atoms with E-state index in [2.05, 4.69) is 20.1 Å². The molecule has 1 saturated heterocycles. The number of nitrogens with zero attached hydrogens (tertiary/aromatic N) is 6. The Morgan fingerprint density at radius 1 is 1.21 bits per heavy atom. The molecule has 3 aromatic rings. The lowest BCUT2D eigenvalue weighted by molar-refractivity contribution is 0.0704. The fourth-order valence-electron chi connectivity index (χ4n) is 3.72. The number of nitrogens with one attached hydrogen (secondary N) is 1. The van der Waals surface area contributed by atoms with Gasteiger partial charge in [-0.2, -0.15) is 4.52 Å². The predicted octanol–water partition coefficient (Wildman–Crippen LogP) is 1.04. The van der Waals surface area contributed by atoms with Crippen LogP contribution >= 0.6 is 0 Å². The van der Waals surface area contributed by atoms with Crippen molar-refractivity contribution in [3.8, 4) is 0 Å². The zero-order chi connectivity index (χ0) is 19.3. The van der Waals surface area contributed by atoms with Crippen LogP contribution in [-0.2, 0) is 0 Å². The second-order valence-electron chi connectivity index (χ2n) is 7.56. The van der Waals surface area contributed by atoms with Gasteiger partial charge in [0.2, 0.25) is 5.56 Å². The van der Waals surface area contributed by atoms with Gasteiger partial charge in [0.15, 0.2) is 11.5 Å². The Labute approximate surface area is 161 Å². The van der Waals surface area contributed by atoms with E-state index < -0.39 is 0 Å². The summed E-state index contributed by atoms with van der Waals surface area (Å²) in [5.74, 6) is 2.12. The molecule has 0 bridgehead atoms. The average molecular weight is 379 g/mol. The molecule has 0 atom stereocenters. The summed E-state index contributed by atoms with van der Waals surface area (Å²) < 4.78 is 1.86. The molecule has 4 heterocycles. The molecule has 1 amide bonds. The summed E-state index contributed by atoms with van der Waals surface area (Å²) in [6.45, 7) is 1.40. The maximum atomic E-state index is 12.6. The number of carbonyl (C=O) groups is 1. The van der Waals surface area contributed by atoms with Crippen molar-refractivity contribution in [1.29, 1.82) is 0 Å². The summed E-state index contributed by atoms with van der Waals surface area (Å²) in [4.78, 5) is 30.4. The highest BCUT2D eigenvalue weighted by atomic mass is 16.2. The van der Waals surface area contributed by atoms with E-state index in [4.69, 9.17) is 5.10 Å². The van der Waals surface area contributed by atoms with Crippen LogP contribution in [0.2, 0.25) is 0 Å². The molecule has 5 rings (SSSR count). The van der Waals surface area contributed by atoms with Crippen LogP contribution in [0.5, 0.6) is 0 Å². The highest BCUT2D eigenvalue weighted by Crippen LogP contribution is 2.35. The van der Waals surface area contributed by atoms with E-state index in [-0.39, 0.29) is 17.5 Å². The van der Waals surface area contributed by atoms with E-state index in [1.807, 2.05) is 16.6 Å². The number of aromatic nitrogens is 5. The third-order valence-corrected chi connectivity index (χ3v) is 5.82. The molecule has 9 nitrogen and oxygen atoms in total. The van der Waals surface area contributed by atoms with Crippen molar-refractivity contribution in [1.82, 2.24) is 29.7 Å². The van der Waals surface area contributed by atoms with Gasteiger partial charge in [-0.05, 0) is 31.0 Å². The van der Waals surface area contributed by atoms with Gasteiger partial charge in [-0.25, -0.2) is 0 Å². The molecule has 0 spiro atoms. The molecule has 2 aliphatic rings. The number of pyridine rings is 1. The molecule has 0 aromatic carbocycles. The molecule has 9 heteroatoms. The van der Waals surface area contributed by atoms with Gasteiger partial charge in [-0.3, -0.25) is 9.59 Å². The van der Waals surface area contributed by atoms with E-state index in [1.165, 1.54) is 18.7 Å². The maximum Gasteiger partial charge on any atom is 0.254 e. The van der Waals surface area contributed by atoms with Gasteiger partial charge in [0.25, 0.3) is 5.91 Å². The summed E-state index contributed by atoms with van der Waals surface area (Å²) in [5, 5.41) is 13.3. The van der Waals surface area contributed by atoms with Crippen molar-refractivity contribution in [2.45, 2.75) is 31.2 Å². The molecule has 1 aliphatic carbocycles. The Morgan fingerprint density at radius 3 is 2.75 bits per heavy atom. The number of rotatable bonds is 4. The van der Waals surface area contributed by atoms with Crippen LogP contribution < -0.4 is 10.5 Å². The molecule has 144 valence electrons. The normalized spacial score (nSPS) is 17.4. The zero-order valence-corrected chi connectivity index (χ0v) is 15.6. The summed E-state index contributed by atoms with van der Waals surface area (Å²) in [5.41, 5.74) is 0.895. The number of H-pyrrole nitrogens is 1. The van der Waals surface area contributed by atoms with Crippen LogP contribution in [0.25, 0.3) is 5.65 Å². The SMILES string of the molecule is CN(C(=O)c1cc[nH]c(=O)c1)C1CN(c2ccc3nnc(C4CCC4)n3n2)C1. The van der Waals surface area contributed by atoms with Crippen molar-refractivity contribution < 1.29 is 4.79 Å². The number of amides is 1. The van der Waals surface area contributed by atoms with E-state index in [0.29, 0.717) is 24.6 Å². The Bertz CT molecular complexity index is 1090. The smallest absolute Gasteiger partial charge is 0.254 e. The van der Waals surface area contributed by atoms with Crippen LogP contribution in [0, 0.1) is 0 Å². The minimum absolute atomic E-state index is 0.0799. The quantitative estimate of drug-likeness (QED) is 0.727. The first-order valence-corrected chi connectivity index (χ1v) is 9.53. The molecule has 3 aromatic heterocycles. The largest absolute Gasteiger partial charge is 0.351 e. The first kappa shape index (κ1) is 16.9. The second-order valence-corrected chi connectivity index (χ2v) is 7.56. The summed E-state index contributed by atoms with van der Waals surface area (Å²) in [7, 11) is 1.77. The highest BCUT2D eigenvalue weighted by Gasteiger charge is 2.34. The molecule has 1 saturated carbocycles. The van der Waals surface area contributed by atoms with Crippen molar-refractivity contribution in [3.63, 3.8) is 0 Å². The first-order chi connectivity index (χ1) is 13.6. The summed E-state index contributed by atoms with van der Waals surface area (Å²) >= 11 is 0. The van der Waals surface area contributed by atoms with Crippen molar-refractivity contribution in [2.75, 3.05) is 25.0 Å². The Morgan fingerprint density at radius 2 is 2.04 bits per heavy atom. The van der Waals surface area contributed by atoms with Gasteiger partial charge in [-0.1, -0.05) is 6.42 Å². The molecule has 28 heavy (non-hydrogen) atoms. The van der Waals surface area contributed by atoms with Crippen molar-refractivity contribution in [2.24, 2.45) is 0 Å². The molecule has 1 N–H and O–H groups in total. The van der Waals surface area contributed by atoms with Gasteiger partial charge in [-0.15, -0.1) is 15.3 Å². The van der Waals surface area contributed by atoms with Gasteiger partial charge in [0, 0.05) is 43.9 Å². The third-order valence-electron chi connectivity index (χ3n) is 5.82. The van der Waals surface area contributed by atoms with Crippen LogP contribution in [0.15, 0.2) is 35.3 Å². The molecule has 2 fully saturated rings. The fourth-order valence-corrected chi connectivity index (χ4v) is 3.72. The number of carbonyl (C=O) groups excluding carboxylic acids is 1. The van der Waals surface area contributed by atoms with Crippen LogP contribution in [0.1, 0.15) is 41.4 Å². The van der Waals surface area contributed by atoms with E-state index in [1.54, 1.807) is 18.0 Å². The van der Waals surface area contributed by atoms with E-state index in [0.717, 1.165) is 30.1 Å². The fraction of sp³-hybridized carbons (Fsp3) is 0.421. The van der Waals surface area contributed by atoms with E-state index >= 15 is 0 Å². The number of aromatic amines is 1. The Hall–Kier alpha value is -3.23. The lowest BCUT2D eigenvalue weighted by Gasteiger charge is -2.44. The average Bonchev–Trinajstić information content (AvgIpc) is 3.01. The zero-order valence-electron chi connectivity index (χ0n) is 15.6. The Balaban J connectivity index is 1.30. The predicted molar refractivity (Wildman–Crippen MR) is 103 cm³/mol. The molecule has 1 aliphatic heterocycles. The topological polar surface area (TPSA) is 99.5 Å². The molecular weight excluding hydrogens is 358 g/mol. The second kappa shape index (κ2) is 6.43. The van der Waals surface area contributed by atoms with Crippen LogP contribution in [0.3, 0.4) is 0 Å². The number of fused-ring (bicyclic) bond motifs is 1. The minimum atomic E-state index is -0.275. The lowest BCUT2D eigenvalue weighted by Crippen LogP contribution is -2.60. The van der Waals surface area contributed by atoms with Gasteiger partial charge in [0.05, 0.1) is 6.04 Å². The monoisotopic (exact) mass is 379 g/mol. The molecule has 0 unspecified atom stereocenters. The number of hydrogen-bond donors (Lipinski definition) is 1. The molecule has 0 radical (unpaired) electrons. The van der Waals surface area contributed by atoms with Crippen molar-refractivity contribution >= 4 is 17.4 Å². The first-order valence-electron chi connectivity index (χ1n) is 9.53. The standard InChI is InChI=1S/C19H21N7O2/c1-24(19(28)13-7-8-20-17(27)9-13)14-10-25(11-14)16-6-5-15-21-22-18(26(15)23-16)12-3-2-4-12/h5-9,12,14H,2-4,10-11H2,1H3,(H,20,27). The van der Waals surface area contributed by atoms with Crippen molar-refractivity contribution in [3.05, 3.63) is 52.2 Å². The van der Waals surface area contributed by atoms with E-state index in [9.17, 15) is 9.59 Å². The van der Waals surface area contributed by atoms with Crippen LogP contribution in [0.4, 0.5) is 5.82 Å². The van der Waals surface area contributed by atoms with Crippen LogP contribution in [-0.4, -0.2) is 61.8 Å². The summed E-state index contributed by atoms with van der Waals surface area (Å²) in [6, 6.07) is 6.93. The minimum Gasteiger partial charge on any atom is -0.351 e. The maximum absolute atomic E-state index is 12.6. The third kappa shape index (κ3) is 2.74. The molecular formula is C19H21N7O2. The Kier molecular flexibility index (Phi) is 3.88. The lowest BCUT2D eigenvalue weighted by atomic mass is 9.85. The van der Waals surface area contributed by atoms with Gasteiger partial charge >= 0.3 is 0 Å². The number of hydrogen-bond acceptors (Lipinski definition) is 6. The number of likely N-dealkylation sites (N-methyl/N-ethyl adjacent to an activating group) is 1.